The van der Waals surface area contributed by atoms with Crippen LogP contribution in [0.15, 0.2) is 48.0 Å². The molecule has 0 bridgehead atoms. The third-order valence-corrected chi connectivity index (χ3v) is 4.68. The lowest BCUT2D eigenvalue weighted by molar-refractivity contribution is -0.117. The minimum Gasteiger partial charge on any atom is -0.322 e. The number of amides is 1. The molecule has 0 saturated heterocycles. The van der Waals surface area contributed by atoms with Crippen LogP contribution in [-0.2, 0) is 9.59 Å². The molecule has 166 valence electrons. The first-order chi connectivity index (χ1) is 14.9. The van der Waals surface area contributed by atoms with Gasteiger partial charge in [0.15, 0.2) is 5.13 Å². The summed E-state index contributed by atoms with van der Waals surface area (Å²) >= 11 is 1.38. The zero-order chi connectivity index (χ0) is 23.2. The van der Waals surface area contributed by atoms with Crippen LogP contribution in [0.1, 0.15) is 46.2 Å². The molecular weight excluding hydrogens is 408 g/mol. The highest BCUT2D eigenvalue weighted by molar-refractivity contribution is 7.14. The van der Waals surface area contributed by atoms with Crippen molar-refractivity contribution >= 4 is 28.2 Å². The Hall–Kier alpha value is -2.90. The lowest BCUT2D eigenvalue weighted by atomic mass is 10.0. The van der Waals surface area contributed by atoms with Gasteiger partial charge in [-0.1, -0.05) is 39.0 Å². The van der Waals surface area contributed by atoms with Crippen molar-refractivity contribution in [2.75, 3.05) is 11.9 Å². The summed E-state index contributed by atoms with van der Waals surface area (Å²) in [5, 5.41) is 5.15. The summed E-state index contributed by atoms with van der Waals surface area (Å²) < 4.78 is 0. The highest BCUT2D eigenvalue weighted by Crippen LogP contribution is 2.28. The van der Waals surface area contributed by atoms with Crippen LogP contribution < -0.4 is 11.1 Å². The summed E-state index contributed by atoms with van der Waals surface area (Å²) in [5.41, 5.74) is 10.3. The number of nitrogens with zero attached hydrogens (tertiary/aromatic N) is 2. The highest BCUT2D eigenvalue weighted by Gasteiger charge is 2.08. The molecule has 0 fully saturated rings. The van der Waals surface area contributed by atoms with Crippen LogP contribution in [0.25, 0.3) is 22.4 Å². The maximum absolute atomic E-state index is 11.3. The molecule has 2 aromatic heterocycles. The quantitative estimate of drug-likeness (QED) is 0.529. The number of rotatable bonds is 6. The van der Waals surface area contributed by atoms with Crippen molar-refractivity contribution in [1.29, 1.82) is 0 Å². The number of carbonyl (C=O) groups excluding carboxylic acids is 2. The molecule has 31 heavy (non-hydrogen) atoms. The van der Waals surface area contributed by atoms with E-state index < -0.39 is 0 Å². The number of thiazole rings is 1. The lowest BCUT2D eigenvalue weighted by Gasteiger charge is -2.05. The zero-order valence-corrected chi connectivity index (χ0v) is 19.8. The summed E-state index contributed by atoms with van der Waals surface area (Å²) in [6, 6.07) is 12.2. The number of hydrogen-bond donors (Lipinski definition) is 2. The Labute approximate surface area is 188 Å². The lowest BCUT2D eigenvalue weighted by Crippen LogP contribution is -2.21. The van der Waals surface area contributed by atoms with E-state index in [1.165, 1.54) is 11.3 Å². The molecule has 7 heteroatoms. The topological polar surface area (TPSA) is 98.0 Å². The van der Waals surface area contributed by atoms with Gasteiger partial charge in [0.25, 0.3) is 0 Å². The van der Waals surface area contributed by atoms with Crippen molar-refractivity contribution in [3.8, 4) is 22.4 Å². The van der Waals surface area contributed by atoms with Gasteiger partial charge >= 0.3 is 0 Å². The summed E-state index contributed by atoms with van der Waals surface area (Å²) in [7, 11) is 0. The fourth-order valence-corrected chi connectivity index (χ4v) is 3.31. The molecule has 3 rings (SSSR count). The Bertz CT molecular complexity index is 969. The molecule has 0 aliphatic rings. The maximum Gasteiger partial charge on any atom is 0.239 e. The van der Waals surface area contributed by atoms with Crippen molar-refractivity contribution in [2.24, 2.45) is 5.73 Å². The molecule has 0 aliphatic heterocycles. The van der Waals surface area contributed by atoms with E-state index in [1.807, 2.05) is 57.3 Å². The van der Waals surface area contributed by atoms with E-state index in [-0.39, 0.29) is 18.2 Å². The van der Waals surface area contributed by atoms with Crippen LogP contribution in [0.4, 0.5) is 5.13 Å². The molecule has 0 unspecified atom stereocenters. The van der Waals surface area contributed by atoms with Gasteiger partial charge in [0.1, 0.15) is 5.78 Å². The minimum atomic E-state index is -0.244. The summed E-state index contributed by atoms with van der Waals surface area (Å²) in [6.07, 6.45) is 3.52. The SMILES string of the molecule is CC.CCCC(C)=O.Cc1cc(-c2cccc(-c3csc(NC(=O)CN)n3)c2)ccn1. The van der Waals surface area contributed by atoms with Crippen molar-refractivity contribution in [2.45, 2.75) is 47.5 Å². The molecule has 0 aliphatic carbocycles. The van der Waals surface area contributed by atoms with Crippen LogP contribution in [0.5, 0.6) is 0 Å². The Balaban J connectivity index is 0.000000521. The minimum absolute atomic E-state index is 0.0498. The smallest absolute Gasteiger partial charge is 0.239 e. The van der Waals surface area contributed by atoms with E-state index in [0.29, 0.717) is 5.13 Å². The first-order valence-electron chi connectivity index (χ1n) is 10.4. The molecule has 0 spiro atoms. The summed E-state index contributed by atoms with van der Waals surface area (Å²) in [5.74, 6) is 0.0458. The number of aryl methyl sites for hydroxylation is 1. The first kappa shape index (κ1) is 26.1. The number of ketones is 1. The second-order valence-electron chi connectivity index (χ2n) is 6.51. The molecule has 1 amide bonds. The van der Waals surface area contributed by atoms with Crippen LogP contribution in [0, 0.1) is 6.92 Å². The largest absolute Gasteiger partial charge is 0.322 e. The molecule has 2 heterocycles. The number of pyridine rings is 1. The van der Waals surface area contributed by atoms with Crippen molar-refractivity contribution in [1.82, 2.24) is 9.97 Å². The van der Waals surface area contributed by atoms with Gasteiger partial charge in [-0.2, -0.15) is 0 Å². The van der Waals surface area contributed by atoms with E-state index in [9.17, 15) is 9.59 Å². The zero-order valence-electron chi connectivity index (χ0n) is 18.9. The number of nitrogens with one attached hydrogen (secondary N) is 1. The number of carbonyl (C=O) groups is 2. The Morgan fingerprint density at radius 2 is 1.77 bits per heavy atom. The summed E-state index contributed by atoms with van der Waals surface area (Å²) in [6.45, 7) is 9.54. The molecule has 3 N–H and O–H groups in total. The molecule has 0 saturated carbocycles. The van der Waals surface area contributed by atoms with E-state index in [0.717, 1.165) is 40.9 Å². The predicted octanol–water partition coefficient (Wildman–Crippen LogP) is 5.48. The average molecular weight is 441 g/mol. The van der Waals surface area contributed by atoms with Crippen molar-refractivity contribution < 1.29 is 9.59 Å². The fraction of sp³-hybridized carbons (Fsp3) is 0.333. The van der Waals surface area contributed by atoms with Gasteiger partial charge in [-0.3, -0.25) is 9.78 Å². The highest BCUT2D eigenvalue weighted by atomic mass is 32.1. The number of benzene rings is 1. The Morgan fingerprint density at radius 1 is 1.10 bits per heavy atom. The Kier molecular flexibility index (Phi) is 11.9. The number of anilines is 1. The van der Waals surface area contributed by atoms with Crippen LogP contribution in [0.3, 0.4) is 0 Å². The number of Topliss-reactive ketones (excluding diaryl/α,β-unsaturated/α-hetero) is 1. The number of aromatic nitrogens is 2. The van der Waals surface area contributed by atoms with Gasteiger partial charge in [-0.25, -0.2) is 4.98 Å². The Morgan fingerprint density at radius 3 is 2.35 bits per heavy atom. The molecule has 0 atom stereocenters. The number of nitrogens with two attached hydrogens (primary N) is 1. The van der Waals surface area contributed by atoms with Crippen molar-refractivity contribution in [3.63, 3.8) is 0 Å². The van der Waals surface area contributed by atoms with Gasteiger partial charge in [0, 0.05) is 29.3 Å². The molecule has 6 nitrogen and oxygen atoms in total. The van der Waals surface area contributed by atoms with Gasteiger partial charge in [0.05, 0.1) is 12.2 Å². The fourth-order valence-electron chi connectivity index (χ4n) is 2.57. The third-order valence-electron chi connectivity index (χ3n) is 3.93. The van der Waals surface area contributed by atoms with E-state index >= 15 is 0 Å². The normalized spacial score (nSPS) is 9.61. The predicted molar refractivity (Wildman–Crippen MR) is 130 cm³/mol. The average Bonchev–Trinajstić information content (AvgIpc) is 3.24. The molecular formula is C24H32N4O2S. The third kappa shape index (κ3) is 9.19. The van der Waals surface area contributed by atoms with Gasteiger partial charge in [-0.05, 0) is 49.6 Å². The van der Waals surface area contributed by atoms with Crippen molar-refractivity contribution in [3.05, 3.63) is 53.7 Å². The standard InChI is InChI=1S/C17H16N4OS.C5H10O.C2H6/c1-11-7-13(5-6-19-11)12-3-2-4-14(8-12)15-10-23-17(20-15)21-16(22)9-18;1-3-4-5(2)6;1-2/h2-8,10H,9,18H2,1H3,(H,20,21,22);3-4H2,1-2H3;1-2H3. The first-order valence-corrected chi connectivity index (χ1v) is 11.3. The van der Waals surface area contributed by atoms with E-state index in [2.05, 4.69) is 27.4 Å². The van der Waals surface area contributed by atoms with E-state index in [1.54, 1.807) is 13.1 Å². The number of hydrogen-bond acceptors (Lipinski definition) is 6. The summed E-state index contributed by atoms with van der Waals surface area (Å²) in [4.78, 5) is 30.0. The molecule has 3 aromatic rings. The van der Waals surface area contributed by atoms with Crippen LogP contribution in [0.2, 0.25) is 0 Å². The van der Waals surface area contributed by atoms with Crippen LogP contribution >= 0.6 is 11.3 Å². The molecule has 1 aromatic carbocycles. The maximum atomic E-state index is 11.3. The van der Waals surface area contributed by atoms with Gasteiger partial charge in [0.2, 0.25) is 5.91 Å². The van der Waals surface area contributed by atoms with E-state index in [4.69, 9.17) is 5.73 Å². The van der Waals surface area contributed by atoms with Crippen LogP contribution in [-0.4, -0.2) is 28.2 Å². The van der Waals surface area contributed by atoms with Gasteiger partial charge < -0.3 is 15.8 Å². The monoisotopic (exact) mass is 440 g/mol. The second-order valence-corrected chi connectivity index (χ2v) is 7.37. The molecule has 0 radical (unpaired) electrons. The van der Waals surface area contributed by atoms with Gasteiger partial charge in [-0.15, -0.1) is 11.3 Å². The second kappa shape index (κ2) is 14.2.